The van der Waals surface area contributed by atoms with Crippen LogP contribution < -0.4 is 5.14 Å². The minimum Gasteiger partial charge on any atom is -0.391 e. The second kappa shape index (κ2) is 7.16. The van der Waals surface area contributed by atoms with Gasteiger partial charge >= 0.3 is 0 Å². The fraction of sp³-hybridized carbons (Fsp3) is 0.412. The van der Waals surface area contributed by atoms with E-state index in [1.807, 2.05) is 18.2 Å². The predicted octanol–water partition coefficient (Wildman–Crippen LogP) is 0.723. The smallest absolute Gasteiger partial charge is 0.238 e. The maximum Gasteiger partial charge on any atom is 0.238 e. The Bertz CT molecular complexity index is 816. The van der Waals surface area contributed by atoms with Crippen LogP contribution in [0.2, 0.25) is 0 Å². The van der Waals surface area contributed by atoms with Crippen LogP contribution in [0.15, 0.2) is 41.3 Å². The van der Waals surface area contributed by atoms with Gasteiger partial charge in [-0.15, -0.1) is 0 Å². The molecule has 1 saturated heterocycles. The summed E-state index contributed by atoms with van der Waals surface area (Å²) in [7, 11) is -3.88. The van der Waals surface area contributed by atoms with Crippen LogP contribution >= 0.6 is 0 Å². The van der Waals surface area contributed by atoms with Gasteiger partial charge in [0.1, 0.15) is 0 Å². The van der Waals surface area contributed by atoms with E-state index in [0.29, 0.717) is 30.7 Å². The molecule has 6 nitrogen and oxygen atoms in total. The van der Waals surface area contributed by atoms with Crippen LogP contribution in [-0.2, 0) is 21.2 Å². The van der Waals surface area contributed by atoms with Crippen molar-refractivity contribution in [3.63, 3.8) is 0 Å². The third kappa shape index (κ3) is 3.93. The molecule has 1 atom stereocenters. The lowest BCUT2D eigenvalue weighted by atomic mass is 10.0. The lowest BCUT2D eigenvalue weighted by Crippen LogP contribution is -2.41. The Morgan fingerprint density at radius 3 is 2.58 bits per heavy atom. The standard InChI is InChI=1S/C17H22N2O4S/c18-24(21,22)17-14(6-5-13-3-1-2-4-16(13)17)11-15(20)12-19-7-9-23-10-8-19/h1-6,15,20H,7-12H2,(H2,18,21,22). The maximum absolute atomic E-state index is 12.1. The zero-order valence-corrected chi connectivity index (χ0v) is 14.2. The van der Waals surface area contributed by atoms with E-state index in [4.69, 9.17) is 9.88 Å². The summed E-state index contributed by atoms with van der Waals surface area (Å²) in [6.07, 6.45) is -0.418. The van der Waals surface area contributed by atoms with Gasteiger partial charge in [-0.05, 0) is 10.9 Å². The molecule has 1 aliphatic rings. The van der Waals surface area contributed by atoms with Gasteiger partial charge in [-0.2, -0.15) is 0 Å². The van der Waals surface area contributed by atoms with E-state index in [9.17, 15) is 13.5 Å². The molecule has 130 valence electrons. The fourth-order valence-corrected chi connectivity index (χ4v) is 4.19. The van der Waals surface area contributed by atoms with E-state index in [1.165, 1.54) is 0 Å². The third-order valence-electron chi connectivity index (χ3n) is 4.27. The number of aliphatic hydroxyl groups is 1. The lowest BCUT2D eigenvalue weighted by molar-refractivity contribution is 0.0148. The Labute approximate surface area is 141 Å². The quantitative estimate of drug-likeness (QED) is 0.829. The molecule has 1 fully saturated rings. The maximum atomic E-state index is 12.1. The first-order valence-corrected chi connectivity index (χ1v) is 9.51. The van der Waals surface area contributed by atoms with Gasteiger partial charge in [-0.3, -0.25) is 4.90 Å². The predicted molar refractivity (Wildman–Crippen MR) is 92.3 cm³/mol. The van der Waals surface area contributed by atoms with Crippen molar-refractivity contribution in [2.45, 2.75) is 17.4 Å². The summed E-state index contributed by atoms with van der Waals surface area (Å²) in [6, 6.07) is 10.8. The van der Waals surface area contributed by atoms with Gasteiger partial charge in [-0.25, -0.2) is 13.6 Å². The van der Waals surface area contributed by atoms with Gasteiger partial charge in [0.2, 0.25) is 10.0 Å². The molecule has 0 radical (unpaired) electrons. The van der Waals surface area contributed by atoms with Gasteiger partial charge in [0.05, 0.1) is 24.2 Å². The number of sulfonamides is 1. The van der Waals surface area contributed by atoms with E-state index in [2.05, 4.69) is 4.90 Å². The monoisotopic (exact) mass is 350 g/mol. The van der Waals surface area contributed by atoms with Crippen molar-refractivity contribution >= 4 is 20.8 Å². The summed E-state index contributed by atoms with van der Waals surface area (Å²) >= 11 is 0. The Hall–Kier alpha value is -1.51. The zero-order chi connectivity index (χ0) is 17.2. The largest absolute Gasteiger partial charge is 0.391 e. The number of fused-ring (bicyclic) bond motifs is 1. The molecule has 0 saturated carbocycles. The first-order valence-electron chi connectivity index (χ1n) is 7.97. The van der Waals surface area contributed by atoms with Gasteiger partial charge in [0, 0.05) is 31.4 Å². The molecule has 0 aromatic heterocycles. The average Bonchev–Trinajstić information content (AvgIpc) is 2.54. The van der Waals surface area contributed by atoms with Crippen molar-refractivity contribution in [3.05, 3.63) is 42.0 Å². The summed E-state index contributed by atoms with van der Waals surface area (Å²) in [5.41, 5.74) is 0.553. The minimum atomic E-state index is -3.88. The molecule has 0 bridgehead atoms. The first kappa shape index (κ1) is 17.3. The normalized spacial score (nSPS) is 17.9. The zero-order valence-electron chi connectivity index (χ0n) is 13.4. The number of aliphatic hydroxyl groups excluding tert-OH is 1. The van der Waals surface area contributed by atoms with Gasteiger partial charge < -0.3 is 9.84 Å². The molecule has 7 heteroatoms. The van der Waals surface area contributed by atoms with Crippen LogP contribution in [0.4, 0.5) is 0 Å². The van der Waals surface area contributed by atoms with Crippen LogP contribution in [0.5, 0.6) is 0 Å². The lowest BCUT2D eigenvalue weighted by Gasteiger charge is -2.28. The van der Waals surface area contributed by atoms with Gasteiger partial charge in [0.15, 0.2) is 0 Å². The van der Waals surface area contributed by atoms with Crippen molar-refractivity contribution < 1.29 is 18.3 Å². The van der Waals surface area contributed by atoms with Crippen molar-refractivity contribution in [2.75, 3.05) is 32.8 Å². The Balaban J connectivity index is 1.88. The molecular formula is C17H22N2O4S. The van der Waals surface area contributed by atoms with Crippen LogP contribution in [-0.4, -0.2) is 57.4 Å². The topological polar surface area (TPSA) is 92.9 Å². The molecular weight excluding hydrogens is 328 g/mol. The van der Waals surface area contributed by atoms with Crippen LogP contribution in [0.25, 0.3) is 10.8 Å². The third-order valence-corrected chi connectivity index (χ3v) is 5.32. The highest BCUT2D eigenvalue weighted by atomic mass is 32.2. The van der Waals surface area contributed by atoms with Crippen molar-refractivity contribution in [1.29, 1.82) is 0 Å². The number of hydrogen-bond acceptors (Lipinski definition) is 5. The fourth-order valence-electron chi connectivity index (χ4n) is 3.19. The summed E-state index contributed by atoms with van der Waals surface area (Å²) in [6.45, 7) is 3.35. The molecule has 0 spiro atoms. The van der Waals surface area contributed by atoms with Crippen molar-refractivity contribution in [3.8, 4) is 0 Å². The molecule has 3 N–H and O–H groups in total. The number of ether oxygens (including phenoxy) is 1. The Kier molecular flexibility index (Phi) is 5.17. The van der Waals surface area contributed by atoms with E-state index in [0.717, 1.165) is 18.5 Å². The van der Waals surface area contributed by atoms with Gasteiger partial charge in [-0.1, -0.05) is 36.4 Å². The van der Waals surface area contributed by atoms with Crippen molar-refractivity contribution in [1.82, 2.24) is 4.90 Å². The molecule has 2 aromatic rings. The van der Waals surface area contributed by atoms with Gasteiger partial charge in [0.25, 0.3) is 0 Å². The molecule has 0 amide bonds. The summed E-state index contributed by atoms with van der Waals surface area (Å²) < 4.78 is 29.5. The highest BCUT2D eigenvalue weighted by molar-refractivity contribution is 7.89. The Morgan fingerprint density at radius 2 is 1.88 bits per heavy atom. The number of hydrogen-bond donors (Lipinski definition) is 2. The van der Waals surface area contributed by atoms with Crippen LogP contribution in [0.1, 0.15) is 5.56 Å². The SMILES string of the molecule is NS(=O)(=O)c1c(CC(O)CN2CCOCC2)ccc2ccccc12. The number of benzene rings is 2. The molecule has 1 heterocycles. The molecule has 1 aliphatic heterocycles. The molecule has 24 heavy (non-hydrogen) atoms. The van der Waals surface area contributed by atoms with Crippen LogP contribution in [0, 0.1) is 0 Å². The minimum absolute atomic E-state index is 0.113. The number of nitrogens with two attached hydrogens (primary N) is 1. The van der Waals surface area contributed by atoms with E-state index in [-0.39, 0.29) is 11.3 Å². The number of morpholine rings is 1. The molecule has 3 rings (SSSR count). The van der Waals surface area contributed by atoms with E-state index >= 15 is 0 Å². The highest BCUT2D eigenvalue weighted by Crippen LogP contribution is 2.27. The molecule has 0 aliphatic carbocycles. The van der Waals surface area contributed by atoms with Crippen LogP contribution in [0.3, 0.4) is 0 Å². The number of rotatable bonds is 5. The second-order valence-corrected chi connectivity index (χ2v) is 7.59. The number of nitrogens with zero attached hydrogens (tertiary/aromatic N) is 1. The number of β-amino-alcohol motifs (C(OH)–C–C–N with tert-alkyl or cyclic N) is 1. The highest BCUT2D eigenvalue weighted by Gasteiger charge is 2.21. The summed E-state index contributed by atoms with van der Waals surface area (Å²) in [4.78, 5) is 2.23. The average molecular weight is 350 g/mol. The first-order chi connectivity index (χ1) is 11.4. The Morgan fingerprint density at radius 1 is 1.17 bits per heavy atom. The molecule has 2 aromatic carbocycles. The number of primary sulfonamides is 1. The van der Waals surface area contributed by atoms with E-state index < -0.39 is 16.1 Å². The molecule has 1 unspecified atom stereocenters. The van der Waals surface area contributed by atoms with Crippen molar-refractivity contribution in [2.24, 2.45) is 5.14 Å². The van der Waals surface area contributed by atoms with E-state index in [1.54, 1.807) is 18.2 Å². The summed E-state index contributed by atoms with van der Waals surface area (Å²) in [5.74, 6) is 0. The second-order valence-electron chi connectivity index (χ2n) is 6.09. The summed E-state index contributed by atoms with van der Waals surface area (Å²) in [5, 5.41) is 17.3.